The Balaban J connectivity index is 4.19. The number of aliphatic hydroxyl groups excluding tert-OH is 2. The van der Waals surface area contributed by atoms with Crippen molar-refractivity contribution >= 4 is 13.8 Å². The second-order valence-electron chi connectivity index (χ2n) is 12.6. The number of hydrogen-bond acceptors (Lipinski definition) is 8. The summed E-state index contributed by atoms with van der Waals surface area (Å²) in [7, 11) is -4.50. The van der Waals surface area contributed by atoms with Crippen molar-refractivity contribution in [2.24, 2.45) is 0 Å². The molecule has 274 valence electrons. The summed E-state index contributed by atoms with van der Waals surface area (Å²) in [6.45, 7) is 3.48. The maximum atomic E-state index is 12.5. The van der Waals surface area contributed by atoms with Gasteiger partial charge in [0, 0.05) is 13.0 Å². The number of phosphoric acid groups is 1. The summed E-state index contributed by atoms with van der Waals surface area (Å²) in [4.78, 5) is 22.4. The SMILES string of the molecule is CCCCCCCC/C=C\CCCCCCCCOCC(COP(=O)(O)OCC(O)CO)OC(=O)CCCCCCCCCCC. The molecule has 0 aromatic rings. The number of carbonyl (C=O) groups excluding carboxylic acids is 1. The van der Waals surface area contributed by atoms with E-state index in [0.29, 0.717) is 6.61 Å². The van der Waals surface area contributed by atoms with Crippen molar-refractivity contribution in [1.29, 1.82) is 0 Å². The van der Waals surface area contributed by atoms with E-state index in [9.17, 15) is 19.4 Å². The van der Waals surface area contributed by atoms with Crippen molar-refractivity contribution in [3.05, 3.63) is 12.2 Å². The highest BCUT2D eigenvalue weighted by Gasteiger charge is 2.26. The summed E-state index contributed by atoms with van der Waals surface area (Å²) < 4.78 is 33.1. The molecule has 9 nitrogen and oxygen atoms in total. The summed E-state index contributed by atoms with van der Waals surface area (Å²) in [6.07, 6.45) is 30.3. The summed E-state index contributed by atoms with van der Waals surface area (Å²) in [6, 6.07) is 0. The smallest absolute Gasteiger partial charge is 0.457 e. The Bertz CT molecular complexity index is 734. The highest BCUT2D eigenvalue weighted by molar-refractivity contribution is 7.47. The number of allylic oxidation sites excluding steroid dienone is 2. The number of hydrogen-bond donors (Lipinski definition) is 3. The zero-order valence-corrected chi connectivity index (χ0v) is 30.4. The van der Waals surface area contributed by atoms with Crippen molar-refractivity contribution in [3.63, 3.8) is 0 Å². The van der Waals surface area contributed by atoms with Gasteiger partial charge in [0.25, 0.3) is 0 Å². The van der Waals surface area contributed by atoms with Gasteiger partial charge in [-0.25, -0.2) is 4.57 Å². The maximum Gasteiger partial charge on any atom is 0.472 e. The third kappa shape index (κ3) is 33.1. The normalized spacial score (nSPS) is 14.5. The Kier molecular flexibility index (Phi) is 33.5. The third-order valence-corrected chi connectivity index (χ3v) is 8.90. The van der Waals surface area contributed by atoms with E-state index >= 15 is 0 Å². The van der Waals surface area contributed by atoms with E-state index in [2.05, 4.69) is 26.0 Å². The van der Waals surface area contributed by atoms with Gasteiger partial charge in [-0.1, -0.05) is 135 Å². The van der Waals surface area contributed by atoms with Crippen LogP contribution in [-0.2, 0) is 27.9 Å². The maximum absolute atomic E-state index is 12.5. The molecule has 0 rings (SSSR count). The minimum absolute atomic E-state index is 0.0494. The molecule has 3 N–H and O–H groups in total. The molecule has 0 bridgehead atoms. The van der Waals surface area contributed by atoms with Crippen molar-refractivity contribution < 1.29 is 43.0 Å². The number of rotatable bonds is 36. The van der Waals surface area contributed by atoms with Crippen LogP contribution >= 0.6 is 7.82 Å². The molecule has 0 heterocycles. The minimum Gasteiger partial charge on any atom is -0.457 e. The largest absolute Gasteiger partial charge is 0.472 e. The molecule has 0 radical (unpaired) electrons. The number of ether oxygens (including phenoxy) is 2. The molecule has 0 aliphatic rings. The Morgan fingerprint density at radius 2 is 1.11 bits per heavy atom. The fraction of sp³-hybridized carbons (Fsp3) is 0.917. The average molecular weight is 679 g/mol. The number of unbranched alkanes of at least 4 members (excludes halogenated alkanes) is 20. The first-order valence-corrected chi connectivity index (χ1v) is 20.2. The van der Waals surface area contributed by atoms with Gasteiger partial charge in [-0.05, 0) is 38.5 Å². The van der Waals surface area contributed by atoms with Crippen LogP contribution in [0.5, 0.6) is 0 Å². The average Bonchev–Trinajstić information content (AvgIpc) is 3.04. The summed E-state index contributed by atoms with van der Waals surface area (Å²) >= 11 is 0. The van der Waals surface area contributed by atoms with E-state index in [-0.39, 0.29) is 25.6 Å². The Morgan fingerprint density at radius 3 is 1.63 bits per heavy atom. The lowest BCUT2D eigenvalue weighted by atomic mass is 10.1. The highest BCUT2D eigenvalue weighted by atomic mass is 31.2. The molecular weight excluding hydrogens is 607 g/mol. The molecule has 0 aromatic carbocycles. The molecule has 46 heavy (non-hydrogen) atoms. The summed E-state index contributed by atoms with van der Waals surface area (Å²) in [5, 5.41) is 18.2. The molecule has 0 amide bonds. The molecule has 0 aliphatic carbocycles. The van der Waals surface area contributed by atoms with E-state index in [0.717, 1.165) is 44.9 Å². The van der Waals surface area contributed by atoms with Gasteiger partial charge < -0.3 is 24.6 Å². The van der Waals surface area contributed by atoms with Crippen molar-refractivity contribution in [3.8, 4) is 0 Å². The van der Waals surface area contributed by atoms with Crippen LogP contribution in [0.25, 0.3) is 0 Å². The van der Waals surface area contributed by atoms with Gasteiger partial charge in [0.15, 0.2) is 0 Å². The molecule has 10 heteroatoms. The predicted octanol–water partition coefficient (Wildman–Crippen LogP) is 9.36. The number of esters is 1. The van der Waals surface area contributed by atoms with Crippen LogP contribution in [0.15, 0.2) is 12.2 Å². The second-order valence-corrected chi connectivity index (χ2v) is 14.1. The topological polar surface area (TPSA) is 132 Å². The lowest BCUT2D eigenvalue weighted by Gasteiger charge is -2.20. The highest BCUT2D eigenvalue weighted by Crippen LogP contribution is 2.43. The van der Waals surface area contributed by atoms with Crippen molar-refractivity contribution in [1.82, 2.24) is 0 Å². The van der Waals surface area contributed by atoms with Crippen LogP contribution in [-0.4, -0.2) is 66.3 Å². The molecule has 0 aromatic heterocycles. The van der Waals surface area contributed by atoms with Gasteiger partial charge in [-0.15, -0.1) is 0 Å². The Morgan fingerprint density at radius 1 is 0.652 bits per heavy atom. The van der Waals surface area contributed by atoms with Crippen LogP contribution < -0.4 is 0 Å². The van der Waals surface area contributed by atoms with Crippen LogP contribution in [0.2, 0.25) is 0 Å². The van der Waals surface area contributed by atoms with Crippen molar-refractivity contribution in [2.75, 3.05) is 33.0 Å². The monoisotopic (exact) mass is 678 g/mol. The molecule has 0 saturated carbocycles. The second kappa shape index (κ2) is 34.1. The first-order valence-electron chi connectivity index (χ1n) is 18.7. The minimum atomic E-state index is -4.50. The van der Waals surface area contributed by atoms with E-state index in [4.69, 9.17) is 23.6 Å². The number of carbonyl (C=O) groups is 1. The predicted molar refractivity (Wildman–Crippen MR) is 187 cm³/mol. The van der Waals surface area contributed by atoms with Gasteiger partial charge in [-0.2, -0.15) is 0 Å². The zero-order chi connectivity index (χ0) is 34.0. The van der Waals surface area contributed by atoms with E-state index in [1.54, 1.807) is 0 Å². The van der Waals surface area contributed by atoms with Crippen LogP contribution in [0.1, 0.15) is 168 Å². The van der Waals surface area contributed by atoms with Gasteiger partial charge in [-0.3, -0.25) is 13.8 Å². The Hall–Kier alpha value is -0.800. The lowest BCUT2D eigenvalue weighted by molar-refractivity contribution is -0.154. The first kappa shape index (κ1) is 45.2. The van der Waals surface area contributed by atoms with Crippen LogP contribution in [0.4, 0.5) is 0 Å². The number of phosphoric ester groups is 1. The van der Waals surface area contributed by atoms with Gasteiger partial charge in [0.2, 0.25) is 0 Å². The van der Waals surface area contributed by atoms with Gasteiger partial charge in [0.1, 0.15) is 12.2 Å². The van der Waals surface area contributed by atoms with Crippen LogP contribution in [0.3, 0.4) is 0 Å². The van der Waals surface area contributed by atoms with Gasteiger partial charge >= 0.3 is 13.8 Å². The van der Waals surface area contributed by atoms with E-state index < -0.39 is 33.2 Å². The number of aliphatic hydroxyl groups is 2. The molecule has 0 fully saturated rings. The molecule has 0 spiro atoms. The summed E-state index contributed by atoms with van der Waals surface area (Å²) in [5.74, 6) is -0.387. The van der Waals surface area contributed by atoms with Crippen LogP contribution in [0, 0.1) is 0 Å². The quantitative estimate of drug-likeness (QED) is 0.0257. The molecule has 0 saturated heterocycles. The first-order chi connectivity index (χ1) is 22.3. The lowest BCUT2D eigenvalue weighted by Crippen LogP contribution is -2.29. The molecular formula is C36H71O9P. The zero-order valence-electron chi connectivity index (χ0n) is 29.6. The van der Waals surface area contributed by atoms with Gasteiger partial charge in [0.05, 0.1) is 26.4 Å². The fourth-order valence-electron chi connectivity index (χ4n) is 5.05. The Labute approximate surface area is 281 Å². The molecule has 3 atom stereocenters. The fourth-order valence-corrected chi connectivity index (χ4v) is 5.84. The standard InChI is InChI=1S/C36H71O9P/c1-3-5-7-9-11-13-14-15-16-17-18-19-21-23-25-27-29-42-32-35(33-44-46(40,41)43-31-34(38)30-37)45-36(39)28-26-24-22-20-12-10-8-6-4-2/h15-16,34-35,37-38H,3-14,17-33H2,1-2H3,(H,40,41)/b16-15-. The molecule has 3 unspecified atom stereocenters. The molecule has 0 aliphatic heterocycles. The van der Waals surface area contributed by atoms with E-state index in [1.165, 1.54) is 103 Å². The summed E-state index contributed by atoms with van der Waals surface area (Å²) in [5.41, 5.74) is 0. The third-order valence-electron chi connectivity index (χ3n) is 7.95. The van der Waals surface area contributed by atoms with Crippen molar-refractivity contribution in [2.45, 2.75) is 180 Å². The van der Waals surface area contributed by atoms with E-state index in [1.807, 2.05) is 0 Å².